The lowest BCUT2D eigenvalue weighted by molar-refractivity contribution is -0.384. The number of aryl methyl sites for hydroxylation is 1. The van der Waals surface area contributed by atoms with Crippen molar-refractivity contribution in [1.82, 2.24) is 24.5 Å². The Balaban J connectivity index is 0.794. The van der Waals surface area contributed by atoms with Gasteiger partial charge in [-0.1, -0.05) is 44.2 Å². The zero-order valence-electron chi connectivity index (χ0n) is 45.8. The second kappa shape index (κ2) is 21.0. The number of carbonyl (C=O) groups excluding carboxylic acids is 1. The van der Waals surface area contributed by atoms with Gasteiger partial charge in [-0.15, -0.1) is 0 Å². The summed E-state index contributed by atoms with van der Waals surface area (Å²) in [6.45, 7) is 16.1. The monoisotopic (exact) mass is 1100 g/mol. The third-order valence-electron chi connectivity index (χ3n) is 17.3. The molecule has 0 bridgehead atoms. The number of nitrogens with one attached hydrogen (secondary N) is 3. The third-order valence-corrected chi connectivity index (χ3v) is 18.6. The Bertz CT molecular complexity index is 3400. The van der Waals surface area contributed by atoms with Crippen molar-refractivity contribution >= 4 is 44.0 Å². The Morgan fingerprint density at radius 2 is 1.77 bits per heavy atom. The second-order valence-corrected chi connectivity index (χ2v) is 25.7. The Kier molecular flexibility index (Phi) is 14.4. The molecule has 79 heavy (non-hydrogen) atoms. The second-order valence-electron chi connectivity index (χ2n) is 24.0. The molecule has 4 N–H and O–H groups in total. The molecular formula is C60H71FN8O9S. The lowest BCUT2D eigenvalue weighted by atomic mass is 9.59. The molecule has 2 aliphatic carbocycles. The number of benzene rings is 4. The van der Waals surface area contributed by atoms with Crippen LogP contribution in [-0.4, -0.2) is 108 Å². The zero-order chi connectivity index (χ0) is 55.6. The summed E-state index contributed by atoms with van der Waals surface area (Å²) in [6, 6.07) is 23.8. The molecular weight excluding hydrogens is 1030 g/mol. The molecule has 17 nitrogen and oxygen atoms in total. The lowest BCUT2D eigenvalue weighted by Crippen LogP contribution is -2.68. The summed E-state index contributed by atoms with van der Waals surface area (Å²) in [5.41, 5.74) is 4.90. The number of anilines is 2. The van der Waals surface area contributed by atoms with Crippen molar-refractivity contribution in [3.63, 3.8) is 0 Å². The van der Waals surface area contributed by atoms with Crippen LogP contribution >= 0.6 is 0 Å². The molecule has 1 unspecified atom stereocenters. The molecule has 1 spiro atoms. The number of methoxy groups -OCH3 is 1. The molecule has 2 saturated carbocycles. The summed E-state index contributed by atoms with van der Waals surface area (Å²) in [7, 11) is -2.93. The molecule has 418 valence electrons. The summed E-state index contributed by atoms with van der Waals surface area (Å²) >= 11 is 0. The average molecular weight is 1100 g/mol. The van der Waals surface area contributed by atoms with E-state index >= 15 is 0 Å². The fourth-order valence-electron chi connectivity index (χ4n) is 12.8. The number of fused-ring (bicyclic) bond motifs is 2. The molecule has 3 aliphatic heterocycles. The molecule has 19 heteroatoms. The number of piperazine rings is 1. The van der Waals surface area contributed by atoms with E-state index in [2.05, 4.69) is 98.8 Å². The lowest BCUT2D eigenvalue weighted by Gasteiger charge is -2.63. The summed E-state index contributed by atoms with van der Waals surface area (Å²) in [5, 5.41) is 25.9. The van der Waals surface area contributed by atoms with E-state index in [1.165, 1.54) is 58.9 Å². The van der Waals surface area contributed by atoms with Gasteiger partial charge in [-0.3, -0.25) is 24.7 Å². The van der Waals surface area contributed by atoms with Crippen molar-refractivity contribution in [2.45, 2.75) is 127 Å². The van der Waals surface area contributed by atoms with E-state index < -0.39 is 42.9 Å². The van der Waals surface area contributed by atoms with E-state index in [1.807, 2.05) is 0 Å². The van der Waals surface area contributed by atoms with Gasteiger partial charge in [0.25, 0.3) is 21.6 Å². The number of aromatic nitrogens is 2. The molecule has 2 aromatic heterocycles. The van der Waals surface area contributed by atoms with Gasteiger partial charge >= 0.3 is 0 Å². The summed E-state index contributed by atoms with van der Waals surface area (Å²) in [5.74, 6) is 0.753. The largest absolute Gasteiger partial charge is 0.493 e. The fraction of sp³-hybridized carbons (Fsp3) is 0.467. The first-order valence-electron chi connectivity index (χ1n) is 27.6. The minimum absolute atomic E-state index is 0.0140. The fourth-order valence-corrected chi connectivity index (χ4v) is 13.8. The minimum Gasteiger partial charge on any atom is -0.493 e. The average Bonchev–Trinajstić information content (AvgIpc) is 3.78. The number of aromatic amines is 1. The number of carbonyl (C=O) groups is 1. The van der Waals surface area contributed by atoms with Crippen molar-refractivity contribution in [3.8, 4) is 23.0 Å². The van der Waals surface area contributed by atoms with Crippen LogP contribution in [0.5, 0.6) is 23.0 Å². The number of nitrogens with zero attached hydrogens (tertiary/aromatic N) is 5. The van der Waals surface area contributed by atoms with Crippen molar-refractivity contribution < 1.29 is 41.8 Å². The van der Waals surface area contributed by atoms with Crippen molar-refractivity contribution in [3.05, 3.63) is 135 Å². The van der Waals surface area contributed by atoms with Crippen LogP contribution in [0.3, 0.4) is 0 Å². The van der Waals surface area contributed by atoms with Gasteiger partial charge in [-0.25, -0.2) is 22.5 Å². The number of nitro benzene ring substituents is 1. The van der Waals surface area contributed by atoms with Gasteiger partial charge in [0.05, 0.1) is 39.7 Å². The molecule has 6 aromatic rings. The number of ether oxygens (including phenoxy) is 3. The van der Waals surface area contributed by atoms with Crippen molar-refractivity contribution in [2.24, 2.45) is 11.3 Å². The number of pyridine rings is 1. The molecule has 0 radical (unpaired) electrons. The molecule has 5 heterocycles. The number of H-pyrrole nitrogens is 1. The van der Waals surface area contributed by atoms with Crippen LogP contribution in [0, 0.1) is 27.3 Å². The van der Waals surface area contributed by atoms with Crippen LogP contribution in [0.25, 0.3) is 11.0 Å². The van der Waals surface area contributed by atoms with Crippen molar-refractivity contribution in [2.75, 3.05) is 56.6 Å². The summed E-state index contributed by atoms with van der Waals surface area (Å²) in [6.07, 6.45) is 9.23. The van der Waals surface area contributed by atoms with Crippen molar-refractivity contribution in [1.29, 1.82) is 0 Å². The maximum atomic E-state index is 14.8. The summed E-state index contributed by atoms with van der Waals surface area (Å²) in [4.78, 5) is 39.9. The molecule has 2 saturated heterocycles. The normalized spacial score (nSPS) is 22.2. The van der Waals surface area contributed by atoms with Crippen LogP contribution in [0.15, 0.2) is 96.2 Å². The highest BCUT2D eigenvalue weighted by molar-refractivity contribution is 7.90. The number of rotatable bonds is 16. The number of hydrogen-bond donors (Lipinski definition) is 4. The van der Waals surface area contributed by atoms with Crippen LogP contribution in [-0.2, 0) is 23.0 Å². The Labute approximate surface area is 461 Å². The standard InChI is InChI=1S/C60H71FN8O9S/c1-37(2)45-9-7-8-10-46(45)52-34-66(33-39-23-40-17-18-58(3,4)78-55(40)54(24-39)76-6)21-22-68(52)42-28-60(29-42)35-67(36-60)41-11-13-47(53(25-41)77-43-26-48-49(61)32-64-56(48)63-31-43)57(70)65-79(74,75)44-12-14-50(51(27-44)69(72)73)62-30-38-15-19-59(5,71)20-16-38/h7-14,23-27,31-32,37-38,42,52,62,71H,15-22,28-30,33-36H2,1-6H3,(H,63,64)(H,65,70). The van der Waals surface area contributed by atoms with Crippen LogP contribution in [0.2, 0.25) is 0 Å². The first kappa shape index (κ1) is 54.2. The number of halogens is 1. The molecule has 5 aliphatic rings. The number of amides is 1. The van der Waals surface area contributed by atoms with Gasteiger partial charge < -0.3 is 34.5 Å². The van der Waals surface area contributed by atoms with Crippen LogP contribution in [0.4, 0.5) is 21.5 Å². The number of aliphatic hydroxyl groups is 1. The maximum absolute atomic E-state index is 14.8. The van der Waals surface area contributed by atoms with E-state index in [-0.39, 0.29) is 51.1 Å². The molecule has 4 aromatic carbocycles. The summed E-state index contributed by atoms with van der Waals surface area (Å²) < 4.78 is 63.2. The zero-order valence-corrected chi connectivity index (χ0v) is 46.6. The molecule has 4 fully saturated rings. The van der Waals surface area contributed by atoms with E-state index in [4.69, 9.17) is 14.2 Å². The van der Waals surface area contributed by atoms with Gasteiger partial charge in [0.15, 0.2) is 11.5 Å². The predicted molar refractivity (Wildman–Crippen MR) is 300 cm³/mol. The van der Waals surface area contributed by atoms with Crippen LogP contribution in [0.1, 0.15) is 124 Å². The van der Waals surface area contributed by atoms with E-state index in [1.54, 1.807) is 26.2 Å². The Morgan fingerprint density at radius 3 is 2.52 bits per heavy atom. The SMILES string of the molecule is COc1cc(CN2CCN(C3CC4(C3)CN(c3ccc(C(=O)NS(=O)(=O)c5ccc(NCC6CCC(C)(O)CC6)c([N+](=O)[O-])c5)c(Oc5cnc6[nH]cc(F)c6c5)c3)C4)C(c3ccccc3C(C)C)C2)cc2c1OC(C)(C)CC2. The minimum atomic E-state index is -4.65. The Morgan fingerprint density at radius 1 is 1.00 bits per heavy atom. The first-order valence-corrected chi connectivity index (χ1v) is 29.1. The van der Waals surface area contributed by atoms with Gasteiger partial charge in [-0.05, 0) is 143 Å². The molecule has 1 atom stereocenters. The van der Waals surface area contributed by atoms with Gasteiger partial charge in [0.1, 0.15) is 34.3 Å². The number of sulfonamides is 1. The van der Waals surface area contributed by atoms with E-state index in [9.17, 15) is 32.8 Å². The van der Waals surface area contributed by atoms with Gasteiger partial charge in [0, 0.05) is 87.3 Å². The van der Waals surface area contributed by atoms with E-state index in [0.29, 0.717) is 37.0 Å². The maximum Gasteiger partial charge on any atom is 0.293 e. The first-order chi connectivity index (χ1) is 37.6. The molecule has 11 rings (SSSR count). The topological polar surface area (TPSA) is 205 Å². The number of nitro groups is 1. The molecule has 1 amide bonds. The van der Waals surface area contributed by atoms with Crippen LogP contribution < -0.4 is 29.1 Å². The number of hydrogen-bond acceptors (Lipinski definition) is 14. The highest BCUT2D eigenvalue weighted by Crippen LogP contribution is 2.54. The quantitative estimate of drug-likeness (QED) is 0.0526. The highest BCUT2D eigenvalue weighted by atomic mass is 32.2. The van der Waals surface area contributed by atoms with Gasteiger partial charge in [0.2, 0.25) is 0 Å². The van der Waals surface area contributed by atoms with Gasteiger partial charge in [-0.2, -0.15) is 0 Å². The van der Waals surface area contributed by atoms with E-state index in [0.717, 1.165) is 101 Å². The highest BCUT2D eigenvalue weighted by Gasteiger charge is 2.55. The smallest absolute Gasteiger partial charge is 0.293 e. The Hall–Kier alpha value is -6.80. The predicted octanol–water partition coefficient (Wildman–Crippen LogP) is 10.6. The third kappa shape index (κ3) is 11.2.